The Morgan fingerprint density at radius 3 is 2.24 bits per heavy atom. The Kier molecular flexibility index (Phi) is 8.02. The topological polar surface area (TPSA) is 81.2 Å². The highest BCUT2D eigenvalue weighted by atomic mass is 16.2. The van der Waals surface area contributed by atoms with Crippen molar-refractivity contribution in [2.75, 3.05) is 0 Å². The Hall–Kier alpha value is -3.41. The average Bonchev–Trinajstić information content (AvgIpc) is 3.46. The first-order chi connectivity index (χ1) is 18.0. The number of carbonyl (C=O) groups excluding carboxylic acids is 2. The lowest BCUT2D eigenvalue weighted by atomic mass is 9.70. The molecule has 2 heterocycles. The monoisotopic (exact) mass is 498 g/mol. The molecule has 0 bridgehead atoms. The fourth-order valence-electron chi connectivity index (χ4n) is 6.67. The van der Waals surface area contributed by atoms with Crippen LogP contribution < -0.4 is 5.73 Å². The molecule has 2 fully saturated rings. The molecule has 1 aromatic heterocycles. The Labute approximate surface area is 219 Å². The summed E-state index contributed by atoms with van der Waals surface area (Å²) in [7, 11) is 0. The molecular weight excluding hydrogens is 460 g/mol. The number of nitrogens with two attached hydrogens (primary N) is 1. The zero-order chi connectivity index (χ0) is 25.6. The van der Waals surface area contributed by atoms with Gasteiger partial charge in [-0.15, -0.1) is 0 Å². The fourth-order valence-corrected chi connectivity index (χ4v) is 6.67. The van der Waals surface area contributed by atoms with Crippen molar-refractivity contribution in [3.8, 4) is 0 Å². The first-order valence-corrected chi connectivity index (χ1v) is 13.7. The molecule has 2 amide bonds. The van der Waals surface area contributed by atoms with E-state index in [1.165, 1.54) is 16.8 Å². The summed E-state index contributed by atoms with van der Waals surface area (Å²) in [5, 5.41) is 0. The predicted octanol–water partition coefficient (Wildman–Crippen LogP) is 4.96. The second-order valence-electron chi connectivity index (χ2n) is 11.1. The van der Waals surface area contributed by atoms with Crippen molar-refractivity contribution in [1.82, 2.24) is 14.5 Å². The molecule has 0 radical (unpaired) electrons. The molecule has 1 saturated heterocycles. The highest BCUT2D eigenvalue weighted by Gasteiger charge is 2.36. The van der Waals surface area contributed by atoms with Crippen LogP contribution in [0.2, 0.25) is 0 Å². The summed E-state index contributed by atoms with van der Waals surface area (Å²) in [4.78, 5) is 31.2. The summed E-state index contributed by atoms with van der Waals surface area (Å²) < 4.78 is 2.25. The number of carbonyl (C=O) groups is 2. The van der Waals surface area contributed by atoms with Crippen molar-refractivity contribution in [2.24, 2.45) is 23.5 Å². The summed E-state index contributed by atoms with van der Waals surface area (Å²) >= 11 is 0. The third-order valence-corrected chi connectivity index (χ3v) is 8.24. The molecule has 1 aliphatic carbocycles. The van der Waals surface area contributed by atoms with Gasteiger partial charge < -0.3 is 15.2 Å². The summed E-state index contributed by atoms with van der Waals surface area (Å²) in [6, 6.07) is 21.0. The van der Waals surface area contributed by atoms with Crippen molar-refractivity contribution < 1.29 is 9.59 Å². The van der Waals surface area contributed by atoms with Gasteiger partial charge in [0.1, 0.15) is 0 Å². The lowest BCUT2D eigenvalue weighted by Crippen LogP contribution is -2.36. The van der Waals surface area contributed by atoms with Crippen LogP contribution in [0.1, 0.15) is 61.8 Å². The van der Waals surface area contributed by atoms with Crippen LogP contribution in [0.25, 0.3) is 0 Å². The Morgan fingerprint density at radius 2 is 1.54 bits per heavy atom. The van der Waals surface area contributed by atoms with Crippen molar-refractivity contribution >= 4 is 11.8 Å². The minimum absolute atomic E-state index is 0.208. The van der Waals surface area contributed by atoms with Gasteiger partial charge in [-0.1, -0.05) is 60.7 Å². The minimum atomic E-state index is -0.208. The average molecular weight is 499 g/mol. The van der Waals surface area contributed by atoms with E-state index in [9.17, 15) is 9.59 Å². The van der Waals surface area contributed by atoms with Crippen molar-refractivity contribution in [1.29, 1.82) is 0 Å². The second-order valence-corrected chi connectivity index (χ2v) is 11.1. The third kappa shape index (κ3) is 6.68. The zero-order valence-electron chi connectivity index (χ0n) is 21.5. The molecule has 6 heteroatoms. The number of imidazole rings is 1. The summed E-state index contributed by atoms with van der Waals surface area (Å²) in [5.41, 5.74) is 9.33. The first kappa shape index (κ1) is 25.2. The van der Waals surface area contributed by atoms with Gasteiger partial charge in [-0.3, -0.25) is 9.59 Å². The maximum Gasteiger partial charge on any atom is 0.223 e. The van der Waals surface area contributed by atoms with Crippen LogP contribution in [0.5, 0.6) is 0 Å². The molecule has 1 unspecified atom stereocenters. The van der Waals surface area contributed by atoms with Gasteiger partial charge in [0.25, 0.3) is 0 Å². The summed E-state index contributed by atoms with van der Waals surface area (Å²) in [6.45, 7) is 1.50. The van der Waals surface area contributed by atoms with Gasteiger partial charge in [-0.05, 0) is 67.4 Å². The molecule has 194 valence electrons. The molecule has 2 aliphatic rings. The molecule has 37 heavy (non-hydrogen) atoms. The molecular formula is C31H38N4O2. The largest absolute Gasteiger partial charge is 0.370 e. The SMILES string of the molecule is NC(=O)C[C@@H]1CC(Cc2cncn2Cc2ccccc2)C[C@H](C[C@@H]2CCC(=O)N2Cc2ccccc2)C1. The van der Waals surface area contributed by atoms with E-state index in [-0.39, 0.29) is 17.9 Å². The van der Waals surface area contributed by atoms with Gasteiger partial charge >= 0.3 is 0 Å². The van der Waals surface area contributed by atoms with E-state index in [0.717, 1.165) is 45.1 Å². The van der Waals surface area contributed by atoms with Crippen LogP contribution >= 0.6 is 0 Å². The van der Waals surface area contributed by atoms with Crippen LogP contribution in [0.3, 0.4) is 0 Å². The second kappa shape index (κ2) is 11.8. The molecule has 5 rings (SSSR count). The van der Waals surface area contributed by atoms with Crippen LogP contribution in [0.4, 0.5) is 0 Å². The van der Waals surface area contributed by atoms with E-state index >= 15 is 0 Å². The van der Waals surface area contributed by atoms with Gasteiger partial charge in [0.2, 0.25) is 11.8 Å². The molecule has 3 aromatic rings. The number of rotatable bonds is 10. The number of likely N-dealkylation sites (tertiary alicyclic amines) is 1. The van der Waals surface area contributed by atoms with Gasteiger partial charge in [0.05, 0.1) is 6.33 Å². The zero-order valence-corrected chi connectivity index (χ0v) is 21.5. The highest BCUT2D eigenvalue weighted by molar-refractivity contribution is 5.78. The maximum absolute atomic E-state index is 12.8. The molecule has 2 aromatic carbocycles. The number of hydrogen-bond acceptors (Lipinski definition) is 3. The normalized spacial score (nSPS) is 23.9. The van der Waals surface area contributed by atoms with Gasteiger partial charge in [-0.25, -0.2) is 4.98 Å². The van der Waals surface area contributed by atoms with Gasteiger partial charge in [0, 0.05) is 43.9 Å². The van der Waals surface area contributed by atoms with E-state index < -0.39 is 0 Å². The number of amides is 2. The molecule has 0 spiro atoms. The number of primary amides is 1. The quantitative estimate of drug-likeness (QED) is 0.429. The lowest BCUT2D eigenvalue weighted by Gasteiger charge is -2.37. The first-order valence-electron chi connectivity index (χ1n) is 13.7. The van der Waals surface area contributed by atoms with Crippen LogP contribution in [0.15, 0.2) is 73.2 Å². The smallest absolute Gasteiger partial charge is 0.223 e. The Balaban J connectivity index is 1.27. The predicted molar refractivity (Wildman–Crippen MR) is 144 cm³/mol. The molecule has 6 nitrogen and oxygen atoms in total. The Morgan fingerprint density at radius 1 is 0.892 bits per heavy atom. The van der Waals surface area contributed by atoms with Crippen LogP contribution in [0, 0.1) is 17.8 Å². The van der Waals surface area contributed by atoms with Crippen LogP contribution in [-0.4, -0.2) is 32.3 Å². The maximum atomic E-state index is 12.8. The van der Waals surface area contributed by atoms with Crippen molar-refractivity contribution in [3.63, 3.8) is 0 Å². The van der Waals surface area contributed by atoms with Crippen molar-refractivity contribution in [2.45, 2.75) is 70.5 Å². The molecule has 2 N–H and O–H groups in total. The number of benzene rings is 2. The lowest BCUT2D eigenvalue weighted by molar-refractivity contribution is -0.129. The van der Waals surface area contributed by atoms with E-state index in [0.29, 0.717) is 37.1 Å². The summed E-state index contributed by atoms with van der Waals surface area (Å²) in [5.74, 6) is 1.34. The molecule has 1 saturated carbocycles. The molecule has 4 atom stereocenters. The van der Waals surface area contributed by atoms with Gasteiger partial charge in [0.15, 0.2) is 0 Å². The van der Waals surface area contributed by atoms with E-state index in [1.807, 2.05) is 36.8 Å². The molecule has 1 aliphatic heterocycles. The number of aromatic nitrogens is 2. The van der Waals surface area contributed by atoms with Crippen LogP contribution in [-0.2, 0) is 29.1 Å². The Bertz CT molecular complexity index is 1180. The van der Waals surface area contributed by atoms with E-state index in [2.05, 4.69) is 50.8 Å². The standard InChI is InChI=1S/C31H38N4O2/c32-30(36)18-27-14-25(16-28-11-12-31(37)35(28)21-24-9-5-2-6-10-24)13-26(15-27)17-29-19-33-22-34(29)20-23-7-3-1-4-8-23/h1-10,19,22,25-28H,11-18,20-21H2,(H2,32,36)/t25-,26?,27-,28-/m0/s1. The third-order valence-electron chi connectivity index (χ3n) is 8.24. The van der Waals surface area contributed by atoms with E-state index in [4.69, 9.17) is 5.73 Å². The van der Waals surface area contributed by atoms with Gasteiger partial charge in [-0.2, -0.15) is 0 Å². The fraction of sp³-hybridized carbons (Fsp3) is 0.452. The number of nitrogens with zero attached hydrogens (tertiary/aromatic N) is 3. The summed E-state index contributed by atoms with van der Waals surface area (Å²) in [6.07, 6.45) is 11.1. The minimum Gasteiger partial charge on any atom is -0.370 e. The number of hydrogen-bond donors (Lipinski definition) is 1. The van der Waals surface area contributed by atoms with Crippen molar-refractivity contribution in [3.05, 3.63) is 90.0 Å². The van der Waals surface area contributed by atoms with E-state index in [1.54, 1.807) is 0 Å². The highest BCUT2D eigenvalue weighted by Crippen LogP contribution is 2.41.